The van der Waals surface area contributed by atoms with Crippen LogP contribution >= 0.6 is 11.3 Å². The normalized spacial score (nSPS) is 14.6. The molecule has 1 aliphatic heterocycles. The van der Waals surface area contributed by atoms with Gasteiger partial charge in [-0.1, -0.05) is 6.07 Å². The van der Waals surface area contributed by atoms with Gasteiger partial charge in [-0.2, -0.15) is 0 Å². The summed E-state index contributed by atoms with van der Waals surface area (Å²) in [6.07, 6.45) is 3.48. The third-order valence-corrected chi connectivity index (χ3v) is 4.78. The number of anilines is 2. The Kier molecular flexibility index (Phi) is 5.12. The van der Waals surface area contributed by atoms with Crippen LogP contribution in [0.5, 0.6) is 0 Å². The Labute approximate surface area is 139 Å². The third-order valence-electron chi connectivity index (χ3n) is 3.91. The molecule has 0 aliphatic carbocycles. The minimum Gasteiger partial charge on any atom is -0.370 e. The van der Waals surface area contributed by atoms with Gasteiger partial charge in [-0.05, 0) is 48.9 Å². The van der Waals surface area contributed by atoms with E-state index < -0.39 is 0 Å². The average Bonchev–Trinajstić information content (AvgIpc) is 3.07. The van der Waals surface area contributed by atoms with Crippen molar-refractivity contribution in [2.24, 2.45) is 0 Å². The predicted octanol–water partition coefficient (Wildman–Crippen LogP) is 4.20. The van der Waals surface area contributed by atoms with Crippen LogP contribution in [0, 0.1) is 5.82 Å². The van der Waals surface area contributed by atoms with Gasteiger partial charge >= 0.3 is 6.03 Å². The second-order valence-electron chi connectivity index (χ2n) is 5.60. The van der Waals surface area contributed by atoms with Crippen molar-refractivity contribution in [3.8, 4) is 0 Å². The van der Waals surface area contributed by atoms with Crippen LogP contribution in [0.4, 0.5) is 20.6 Å². The topological polar surface area (TPSA) is 44.4 Å². The highest BCUT2D eigenvalue weighted by atomic mass is 32.1. The van der Waals surface area contributed by atoms with E-state index in [-0.39, 0.29) is 11.8 Å². The van der Waals surface area contributed by atoms with Crippen LogP contribution in [-0.2, 0) is 6.54 Å². The minimum absolute atomic E-state index is 0.317. The number of hydrogen-bond donors (Lipinski definition) is 2. The van der Waals surface area contributed by atoms with Gasteiger partial charge in [-0.3, -0.25) is 0 Å². The number of benzene rings is 1. The third kappa shape index (κ3) is 4.22. The van der Waals surface area contributed by atoms with Crippen LogP contribution in [-0.4, -0.2) is 19.1 Å². The first-order valence-corrected chi connectivity index (χ1v) is 8.72. The lowest BCUT2D eigenvalue weighted by Crippen LogP contribution is -2.32. The van der Waals surface area contributed by atoms with E-state index >= 15 is 0 Å². The number of rotatable bonds is 4. The van der Waals surface area contributed by atoms with Crippen LogP contribution in [0.3, 0.4) is 0 Å². The van der Waals surface area contributed by atoms with Gasteiger partial charge in [0.2, 0.25) is 0 Å². The molecule has 1 fully saturated rings. The summed E-state index contributed by atoms with van der Waals surface area (Å²) in [5.41, 5.74) is 1.41. The van der Waals surface area contributed by atoms with E-state index in [1.54, 1.807) is 17.4 Å². The second kappa shape index (κ2) is 7.46. The molecule has 122 valence electrons. The Balaban J connectivity index is 1.67. The van der Waals surface area contributed by atoms with Crippen molar-refractivity contribution in [2.75, 3.05) is 23.3 Å². The molecular weight excluding hydrogens is 313 g/mol. The number of nitrogens with zero attached hydrogens (tertiary/aromatic N) is 1. The first kappa shape index (κ1) is 15.8. The van der Waals surface area contributed by atoms with Gasteiger partial charge in [-0.25, -0.2) is 9.18 Å². The summed E-state index contributed by atoms with van der Waals surface area (Å²) in [5.74, 6) is -0.348. The van der Waals surface area contributed by atoms with Crippen molar-refractivity contribution < 1.29 is 9.18 Å². The largest absolute Gasteiger partial charge is 0.370 e. The Morgan fingerprint density at radius 2 is 2.04 bits per heavy atom. The highest BCUT2D eigenvalue weighted by Gasteiger charge is 2.16. The molecule has 1 aliphatic rings. The average molecular weight is 333 g/mol. The molecule has 0 atom stereocenters. The van der Waals surface area contributed by atoms with Crippen LogP contribution < -0.4 is 15.5 Å². The van der Waals surface area contributed by atoms with Gasteiger partial charge in [-0.15, -0.1) is 11.3 Å². The van der Waals surface area contributed by atoms with E-state index in [0.717, 1.165) is 36.5 Å². The Morgan fingerprint density at radius 3 is 2.78 bits per heavy atom. The molecule has 2 aromatic rings. The fourth-order valence-electron chi connectivity index (χ4n) is 2.77. The van der Waals surface area contributed by atoms with E-state index in [4.69, 9.17) is 0 Å². The standard InChI is InChI=1S/C17H20FN3OS/c18-13-6-7-16(21-8-2-1-3-9-21)15(11-13)20-17(22)19-12-14-5-4-10-23-14/h4-7,10-11H,1-3,8-9,12H2,(H2,19,20,22). The predicted molar refractivity (Wildman–Crippen MR) is 92.6 cm³/mol. The summed E-state index contributed by atoms with van der Waals surface area (Å²) in [4.78, 5) is 15.4. The zero-order chi connectivity index (χ0) is 16.1. The van der Waals surface area contributed by atoms with Crippen molar-refractivity contribution in [3.05, 3.63) is 46.4 Å². The smallest absolute Gasteiger partial charge is 0.319 e. The lowest BCUT2D eigenvalue weighted by molar-refractivity contribution is 0.252. The summed E-state index contributed by atoms with van der Waals surface area (Å²) in [5, 5.41) is 7.55. The van der Waals surface area contributed by atoms with Gasteiger partial charge in [0, 0.05) is 18.0 Å². The molecule has 4 nitrogen and oxygen atoms in total. The van der Waals surface area contributed by atoms with E-state index in [0.29, 0.717) is 12.2 Å². The highest BCUT2D eigenvalue weighted by molar-refractivity contribution is 7.09. The summed E-state index contributed by atoms with van der Waals surface area (Å²) in [6, 6.07) is 8.16. The number of carbonyl (C=O) groups is 1. The van der Waals surface area contributed by atoms with E-state index in [2.05, 4.69) is 15.5 Å². The molecule has 2 heterocycles. The first-order chi connectivity index (χ1) is 11.2. The molecule has 0 saturated carbocycles. The highest BCUT2D eigenvalue weighted by Crippen LogP contribution is 2.29. The number of carbonyl (C=O) groups excluding carboxylic acids is 1. The molecule has 3 rings (SSSR count). The fourth-order valence-corrected chi connectivity index (χ4v) is 3.41. The molecule has 6 heteroatoms. The molecule has 1 aromatic carbocycles. The number of urea groups is 1. The lowest BCUT2D eigenvalue weighted by atomic mass is 10.1. The summed E-state index contributed by atoms with van der Waals surface area (Å²) >= 11 is 1.59. The van der Waals surface area contributed by atoms with Gasteiger partial charge in [0.05, 0.1) is 17.9 Å². The minimum atomic E-state index is -0.348. The Hall–Kier alpha value is -2.08. The van der Waals surface area contributed by atoms with Crippen LogP contribution in [0.25, 0.3) is 0 Å². The molecule has 0 unspecified atom stereocenters. The second-order valence-corrected chi connectivity index (χ2v) is 6.63. The number of halogens is 1. The van der Waals surface area contributed by atoms with Gasteiger partial charge < -0.3 is 15.5 Å². The quantitative estimate of drug-likeness (QED) is 0.881. The zero-order valence-electron chi connectivity index (χ0n) is 12.8. The molecular formula is C17H20FN3OS. The molecule has 0 bridgehead atoms. The van der Waals surface area contributed by atoms with Crippen molar-refractivity contribution in [2.45, 2.75) is 25.8 Å². The Morgan fingerprint density at radius 1 is 1.22 bits per heavy atom. The van der Waals surface area contributed by atoms with Crippen molar-refractivity contribution in [3.63, 3.8) is 0 Å². The molecule has 0 radical (unpaired) electrons. The molecule has 1 aromatic heterocycles. The molecule has 2 N–H and O–H groups in total. The maximum absolute atomic E-state index is 13.6. The summed E-state index contributed by atoms with van der Waals surface area (Å²) < 4.78 is 13.6. The zero-order valence-corrected chi connectivity index (χ0v) is 13.7. The van der Waals surface area contributed by atoms with E-state index in [9.17, 15) is 9.18 Å². The summed E-state index contributed by atoms with van der Waals surface area (Å²) in [7, 11) is 0. The van der Waals surface area contributed by atoms with Gasteiger partial charge in [0.15, 0.2) is 0 Å². The number of thiophene rings is 1. The van der Waals surface area contributed by atoms with E-state index in [1.165, 1.54) is 18.6 Å². The number of amides is 2. The number of nitrogens with one attached hydrogen (secondary N) is 2. The molecule has 0 spiro atoms. The number of piperidine rings is 1. The van der Waals surface area contributed by atoms with Crippen molar-refractivity contribution in [1.82, 2.24) is 5.32 Å². The molecule has 1 saturated heterocycles. The van der Waals surface area contributed by atoms with Crippen molar-refractivity contribution in [1.29, 1.82) is 0 Å². The Bertz CT molecular complexity index is 654. The monoisotopic (exact) mass is 333 g/mol. The van der Waals surface area contributed by atoms with Crippen molar-refractivity contribution >= 4 is 28.7 Å². The SMILES string of the molecule is O=C(NCc1cccs1)Nc1cc(F)ccc1N1CCCCC1. The van der Waals surface area contributed by atoms with Crippen LogP contribution in [0.2, 0.25) is 0 Å². The number of hydrogen-bond acceptors (Lipinski definition) is 3. The van der Waals surface area contributed by atoms with Crippen LogP contribution in [0.15, 0.2) is 35.7 Å². The maximum atomic E-state index is 13.6. The molecule has 2 amide bonds. The fraction of sp³-hybridized carbons (Fsp3) is 0.353. The first-order valence-electron chi connectivity index (χ1n) is 7.84. The van der Waals surface area contributed by atoms with Gasteiger partial charge in [0.1, 0.15) is 5.82 Å². The lowest BCUT2D eigenvalue weighted by Gasteiger charge is -2.30. The maximum Gasteiger partial charge on any atom is 0.319 e. The van der Waals surface area contributed by atoms with Gasteiger partial charge in [0.25, 0.3) is 0 Å². The van der Waals surface area contributed by atoms with E-state index in [1.807, 2.05) is 17.5 Å². The van der Waals surface area contributed by atoms with Crippen LogP contribution in [0.1, 0.15) is 24.1 Å². The summed E-state index contributed by atoms with van der Waals surface area (Å²) in [6.45, 7) is 2.35. The molecule has 23 heavy (non-hydrogen) atoms.